The number of aromatic nitrogens is 1. The van der Waals surface area contributed by atoms with Crippen LogP contribution in [0.5, 0.6) is 5.75 Å². The number of nitrogens with zero attached hydrogens (tertiary/aromatic N) is 3. The zero-order chi connectivity index (χ0) is 23.2. The number of carbonyl (C=O) groups is 2. The molecule has 1 saturated heterocycles. The van der Waals surface area contributed by atoms with E-state index in [1.54, 1.807) is 22.8 Å². The Balaban J connectivity index is 1.65. The summed E-state index contributed by atoms with van der Waals surface area (Å²) in [6, 6.07) is 17.8. The lowest BCUT2D eigenvalue weighted by molar-refractivity contribution is 0.0563. The number of benzene rings is 2. The summed E-state index contributed by atoms with van der Waals surface area (Å²) < 4.78 is 13.0. The Bertz CT molecular complexity index is 1130. The van der Waals surface area contributed by atoms with E-state index >= 15 is 0 Å². The van der Waals surface area contributed by atoms with Crippen molar-refractivity contribution >= 4 is 22.9 Å². The molecule has 1 aliphatic heterocycles. The van der Waals surface area contributed by atoms with Crippen LogP contribution in [0.4, 0.5) is 4.79 Å². The summed E-state index contributed by atoms with van der Waals surface area (Å²) in [5, 5.41) is 0.892. The van der Waals surface area contributed by atoms with Gasteiger partial charge in [0.25, 0.3) is 5.91 Å². The molecule has 33 heavy (non-hydrogen) atoms. The Morgan fingerprint density at radius 2 is 1.73 bits per heavy atom. The highest BCUT2D eigenvalue weighted by Gasteiger charge is 2.28. The summed E-state index contributed by atoms with van der Waals surface area (Å²) in [6.07, 6.45) is 1.38. The summed E-state index contributed by atoms with van der Waals surface area (Å²) in [5.41, 5.74) is 2.65. The van der Waals surface area contributed by atoms with E-state index in [-0.39, 0.29) is 12.0 Å². The van der Waals surface area contributed by atoms with E-state index in [1.807, 2.05) is 47.0 Å². The Labute approximate surface area is 193 Å². The van der Waals surface area contributed by atoms with Crippen LogP contribution in [0.1, 0.15) is 23.0 Å². The predicted octanol–water partition coefficient (Wildman–Crippen LogP) is 4.17. The number of hydrogen-bond acceptors (Lipinski definition) is 4. The molecule has 2 amide bonds. The molecule has 172 valence electrons. The molecule has 0 atom stereocenters. The highest BCUT2D eigenvalue weighted by atomic mass is 16.6. The maximum atomic E-state index is 13.6. The topological polar surface area (TPSA) is 64.0 Å². The molecule has 2 heterocycles. The van der Waals surface area contributed by atoms with Gasteiger partial charge in [-0.3, -0.25) is 4.79 Å². The first-order valence-electron chi connectivity index (χ1n) is 11.2. The smallest absolute Gasteiger partial charge is 0.409 e. The van der Waals surface area contributed by atoms with Gasteiger partial charge in [-0.1, -0.05) is 49.1 Å². The fraction of sp³-hybridized carbons (Fsp3) is 0.308. The summed E-state index contributed by atoms with van der Waals surface area (Å²) in [6.45, 7) is 8.65. The number of piperazine rings is 1. The molecule has 0 saturated carbocycles. The average molecular weight is 448 g/mol. The number of fused-ring (bicyclic) bond motifs is 1. The van der Waals surface area contributed by atoms with E-state index in [1.165, 1.54) is 0 Å². The van der Waals surface area contributed by atoms with Crippen LogP contribution in [-0.4, -0.2) is 65.8 Å². The van der Waals surface area contributed by atoms with Gasteiger partial charge in [-0.25, -0.2) is 4.79 Å². The van der Waals surface area contributed by atoms with Gasteiger partial charge in [-0.05, 0) is 30.7 Å². The maximum Gasteiger partial charge on any atom is 0.409 e. The molecule has 1 aliphatic rings. The molecule has 0 aliphatic carbocycles. The minimum atomic E-state index is -0.327. The average Bonchev–Trinajstić information content (AvgIpc) is 3.22. The standard InChI is InChI=1S/C26H29N3O4/c1-3-17-33-24-12-8-11-22-21(24)18-23(29(22)19-20-9-6-5-7-10-20)25(30)27-13-15-28(16-14-27)26(31)32-4-2/h3,5-12,18H,1,4,13-17,19H2,2H3. The van der Waals surface area contributed by atoms with Crippen LogP contribution >= 0.6 is 0 Å². The number of hydrogen-bond donors (Lipinski definition) is 0. The van der Waals surface area contributed by atoms with E-state index < -0.39 is 0 Å². The molecule has 7 heteroatoms. The monoisotopic (exact) mass is 447 g/mol. The molecule has 2 aromatic carbocycles. The molecule has 7 nitrogen and oxygen atoms in total. The second-order valence-electron chi connectivity index (χ2n) is 7.87. The van der Waals surface area contributed by atoms with Crippen LogP contribution < -0.4 is 4.74 Å². The third kappa shape index (κ3) is 4.87. The second-order valence-corrected chi connectivity index (χ2v) is 7.87. The Morgan fingerprint density at radius 3 is 2.42 bits per heavy atom. The zero-order valence-electron chi connectivity index (χ0n) is 18.9. The molecule has 0 unspecified atom stereocenters. The van der Waals surface area contributed by atoms with Crippen molar-refractivity contribution in [2.45, 2.75) is 13.5 Å². The van der Waals surface area contributed by atoms with Crippen molar-refractivity contribution in [1.82, 2.24) is 14.4 Å². The van der Waals surface area contributed by atoms with Gasteiger partial charge in [0, 0.05) is 38.1 Å². The van der Waals surface area contributed by atoms with Crippen LogP contribution in [0, 0.1) is 0 Å². The first kappa shape index (κ1) is 22.5. The van der Waals surface area contributed by atoms with Gasteiger partial charge in [0.2, 0.25) is 0 Å². The van der Waals surface area contributed by atoms with Gasteiger partial charge in [0.1, 0.15) is 18.1 Å². The van der Waals surface area contributed by atoms with Gasteiger partial charge in [0.05, 0.1) is 12.1 Å². The second kappa shape index (κ2) is 10.3. The highest BCUT2D eigenvalue weighted by molar-refractivity contribution is 6.00. The van der Waals surface area contributed by atoms with Crippen LogP contribution in [0.2, 0.25) is 0 Å². The predicted molar refractivity (Wildman–Crippen MR) is 128 cm³/mol. The molecule has 0 spiro atoms. The van der Waals surface area contributed by atoms with Gasteiger partial charge >= 0.3 is 6.09 Å². The van der Waals surface area contributed by atoms with Crippen molar-refractivity contribution in [2.75, 3.05) is 39.4 Å². The molecule has 0 N–H and O–H groups in total. The van der Waals surface area contributed by atoms with Gasteiger partial charge in [-0.15, -0.1) is 0 Å². The van der Waals surface area contributed by atoms with Crippen molar-refractivity contribution in [3.63, 3.8) is 0 Å². The molecular formula is C26H29N3O4. The molecule has 0 radical (unpaired) electrons. The lowest BCUT2D eigenvalue weighted by atomic mass is 10.2. The van der Waals surface area contributed by atoms with Crippen molar-refractivity contribution in [3.05, 3.63) is 78.5 Å². The Hall–Kier alpha value is -3.74. The first-order chi connectivity index (χ1) is 16.1. The van der Waals surface area contributed by atoms with Crippen LogP contribution in [0.15, 0.2) is 67.3 Å². The normalized spacial score (nSPS) is 13.7. The van der Waals surface area contributed by atoms with E-state index in [0.29, 0.717) is 51.6 Å². The SMILES string of the molecule is C=CCOc1cccc2c1cc(C(=O)N1CCN(C(=O)OCC)CC1)n2Cc1ccccc1. The molecule has 3 aromatic rings. The van der Waals surface area contributed by atoms with E-state index in [2.05, 4.69) is 18.7 Å². The van der Waals surface area contributed by atoms with Crippen molar-refractivity contribution in [1.29, 1.82) is 0 Å². The summed E-state index contributed by atoms with van der Waals surface area (Å²) in [7, 11) is 0. The highest BCUT2D eigenvalue weighted by Crippen LogP contribution is 2.30. The number of ether oxygens (including phenoxy) is 2. The van der Waals surface area contributed by atoms with E-state index in [4.69, 9.17) is 9.47 Å². The van der Waals surface area contributed by atoms with E-state index in [9.17, 15) is 9.59 Å². The van der Waals surface area contributed by atoms with Crippen LogP contribution in [0.3, 0.4) is 0 Å². The third-order valence-electron chi connectivity index (χ3n) is 5.76. The number of amides is 2. The van der Waals surface area contributed by atoms with Crippen molar-refractivity contribution < 1.29 is 19.1 Å². The largest absolute Gasteiger partial charge is 0.489 e. The van der Waals surface area contributed by atoms with Gasteiger partial charge < -0.3 is 23.8 Å². The molecule has 0 bridgehead atoms. The molecule has 1 aromatic heterocycles. The maximum absolute atomic E-state index is 13.6. The quantitative estimate of drug-likeness (QED) is 0.510. The Kier molecular flexibility index (Phi) is 6.98. The van der Waals surface area contributed by atoms with E-state index in [0.717, 1.165) is 22.2 Å². The summed E-state index contributed by atoms with van der Waals surface area (Å²) >= 11 is 0. The molecular weight excluding hydrogens is 418 g/mol. The minimum absolute atomic E-state index is 0.0553. The van der Waals surface area contributed by atoms with Crippen molar-refractivity contribution in [3.8, 4) is 5.75 Å². The zero-order valence-corrected chi connectivity index (χ0v) is 18.9. The lowest BCUT2D eigenvalue weighted by Crippen LogP contribution is -2.51. The fourth-order valence-electron chi connectivity index (χ4n) is 4.11. The van der Waals surface area contributed by atoms with Gasteiger partial charge in [0.15, 0.2) is 0 Å². The fourth-order valence-corrected chi connectivity index (χ4v) is 4.11. The number of carbonyl (C=O) groups excluding carboxylic acids is 2. The lowest BCUT2D eigenvalue weighted by Gasteiger charge is -2.34. The third-order valence-corrected chi connectivity index (χ3v) is 5.76. The molecule has 1 fully saturated rings. The summed E-state index contributed by atoms with van der Waals surface area (Å²) in [4.78, 5) is 29.1. The van der Waals surface area contributed by atoms with Crippen molar-refractivity contribution in [2.24, 2.45) is 0 Å². The van der Waals surface area contributed by atoms with Crippen LogP contribution in [0.25, 0.3) is 10.9 Å². The first-order valence-corrected chi connectivity index (χ1v) is 11.2. The Morgan fingerprint density at radius 1 is 1.00 bits per heavy atom. The van der Waals surface area contributed by atoms with Gasteiger partial charge in [-0.2, -0.15) is 0 Å². The molecule has 4 rings (SSSR count). The van der Waals surface area contributed by atoms with Crippen LogP contribution in [-0.2, 0) is 11.3 Å². The number of rotatable bonds is 7. The summed E-state index contributed by atoms with van der Waals surface area (Å²) in [5.74, 6) is 0.667. The minimum Gasteiger partial charge on any atom is -0.489 e.